The first-order chi connectivity index (χ1) is 16.1. The Hall–Kier alpha value is -4.66. The Labute approximate surface area is 194 Å². The first-order valence-corrected chi connectivity index (χ1v) is 10.0. The standard InChI is InChI=1S/C24H15ClFN7/c25-19-12-17(4-3-9-27)13-20(26)22(19)31-23-21(33-10-1-2-11-33)15-29-24(32-23)30-18-7-5-16(14-28)6-8-18/h1-8,10-13,15H,(H2,29,30,31,32)/b4-3+. The Bertz CT molecular complexity index is 1380. The van der Waals surface area contributed by atoms with Gasteiger partial charge in [0.25, 0.3) is 0 Å². The van der Waals surface area contributed by atoms with Crippen LogP contribution in [0.25, 0.3) is 11.8 Å². The van der Waals surface area contributed by atoms with Gasteiger partial charge in [0.15, 0.2) is 5.82 Å². The Morgan fingerprint density at radius 2 is 1.82 bits per heavy atom. The second-order valence-corrected chi connectivity index (χ2v) is 7.19. The van der Waals surface area contributed by atoms with Gasteiger partial charge < -0.3 is 15.2 Å². The summed E-state index contributed by atoms with van der Waals surface area (Å²) < 4.78 is 16.6. The van der Waals surface area contributed by atoms with Crippen molar-refractivity contribution < 1.29 is 4.39 Å². The molecule has 0 fully saturated rings. The lowest BCUT2D eigenvalue weighted by atomic mass is 10.2. The van der Waals surface area contributed by atoms with Gasteiger partial charge >= 0.3 is 0 Å². The van der Waals surface area contributed by atoms with Gasteiger partial charge in [-0.3, -0.25) is 0 Å². The van der Waals surface area contributed by atoms with E-state index in [2.05, 4.69) is 26.7 Å². The lowest BCUT2D eigenvalue weighted by Gasteiger charge is -2.15. The number of hydrogen-bond acceptors (Lipinski definition) is 6. The molecule has 0 aliphatic rings. The highest BCUT2D eigenvalue weighted by Gasteiger charge is 2.15. The fourth-order valence-corrected chi connectivity index (χ4v) is 3.29. The predicted octanol–water partition coefficient (Wildman–Crippen LogP) is 5.96. The third-order valence-corrected chi connectivity index (χ3v) is 4.88. The maximum atomic E-state index is 14.9. The van der Waals surface area contributed by atoms with E-state index in [1.54, 1.807) is 41.1 Å². The average Bonchev–Trinajstić information content (AvgIpc) is 3.35. The zero-order chi connectivity index (χ0) is 23.2. The molecular weight excluding hydrogens is 441 g/mol. The van der Waals surface area contributed by atoms with Gasteiger partial charge in [0.2, 0.25) is 5.95 Å². The molecule has 2 N–H and O–H groups in total. The van der Waals surface area contributed by atoms with Crippen LogP contribution >= 0.6 is 11.6 Å². The maximum Gasteiger partial charge on any atom is 0.229 e. The van der Waals surface area contributed by atoms with Crippen molar-refractivity contribution >= 4 is 40.8 Å². The molecule has 33 heavy (non-hydrogen) atoms. The molecule has 0 spiro atoms. The number of nitrogens with one attached hydrogen (secondary N) is 2. The van der Waals surface area contributed by atoms with E-state index in [-0.39, 0.29) is 16.7 Å². The third-order valence-electron chi connectivity index (χ3n) is 4.58. The molecule has 160 valence electrons. The summed E-state index contributed by atoms with van der Waals surface area (Å²) >= 11 is 6.33. The highest BCUT2D eigenvalue weighted by molar-refractivity contribution is 6.33. The fraction of sp³-hybridized carbons (Fsp3) is 0. The van der Waals surface area contributed by atoms with Crippen LogP contribution in [0.1, 0.15) is 11.1 Å². The number of hydrogen-bond donors (Lipinski definition) is 2. The van der Waals surface area contributed by atoms with Crippen LogP contribution in [0, 0.1) is 28.5 Å². The molecule has 0 amide bonds. The molecule has 0 aliphatic heterocycles. The van der Waals surface area contributed by atoms with Gasteiger partial charge in [-0.25, -0.2) is 9.37 Å². The number of halogens is 2. The number of anilines is 4. The van der Waals surface area contributed by atoms with Crippen molar-refractivity contribution in [1.82, 2.24) is 14.5 Å². The minimum atomic E-state index is -0.598. The molecular formula is C24H15ClFN7. The Morgan fingerprint density at radius 1 is 1.06 bits per heavy atom. The van der Waals surface area contributed by atoms with E-state index in [4.69, 9.17) is 22.1 Å². The lowest BCUT2D eigenvalue weighted by molar-refractivity contribution is 0.631. The molecule has 0 radical (unpaired) electrons. The van der Waals surface area contributed by atoms with Crippen molar-refractivity contribution in [1.29, 1.82) is 10.5 Å². The first kappa shape index (κ1) is 21.6. The zero-order valence-corrected chi connectivity index (χ0v) is 17.8. The largest absolute Gasteiger partial charge is 0.335 e. The van der Waals surface area contributed by atoms with Crippen LogP contribution < -0.4 is 10.6 Å². The van der Waals surface area contributed by atoms with Crippen molar-refractivity contribution in [3.8, 4) is 17.8 Å². The highest BCUT2D eigenvalue weighted by atomic mass is 35.5. The topological polar surface area (TPSA) is 102 Å². The third kappa shape index (κ3) is 4.99. The monoisotopic (exact) mass is 455 g/mol. The SMILES string of the molecule is N#C/C=C/c1cc(F)c(Nc2nc(Nc3ccc(C#N)cc3)ncc2-n2cccc2)c(Cl)c1. The molecule has 4 rings (SSSR count). The Kier molecular flexibility index (Phi) is 6.31. The summed E-state index contributed by atoms with van der Waals surface area (Å²) in [7, 11) is 0. The molecule has 7 nitrogen and oxygen atoms in total. The van der Waals surface area contributed by atoms with Crippen LogP contribution in [0.2, 0.25) is 5.02 Å². The van der Waals surface area contributed by atoms with E-state index < -0.39 is 5.82 Å². The lowest BCUT2D eigenvalue weighted by Crippen LogP contribution is -2.07. The van der Waals surface area contributed by atoms with Gasteiger partial charge in [0, 0.05) is 24.2 Å². The van der Waals surface area contributed by atoms with Crippen LogP contribution in [0.15, 0.2) is 73.2 Å². The molecule has 4 aromatic rings. The molecule has 0 atom stereocenters. The molecule has 2 heterocycles. The van der Waals surface area contributed by atoms with Gasteiger partial charge in [0.05, 0.1) is 34.6 Å². The summed E-state index contributed by atoms with van der Waals surface area (Å²) in [5.41, 5.74) is 2.30. The van der Waals surface area contributed by atoms with Gasteiger partial charge in [-0.2, -0.15) is 15.5 Å². The molecule has 2 aromatic carbocycles. The second-order valence-electron chi connectivity index (χ2n) is 6.78. The predicted molar refractivity (Wildman–Crippen MR) is 125 cm³/mol. The van der Waals surface area contributed by atoms with E-state index in [9.17, 15) is 4.39 Å². The molecule has 0 aliphatic carbocycles. The molecule has 0 saturated carbocycles. The number of allylic oxidation sites excluding steroid dienone is 1. The van der Waals surface area contributed by atoms with Crippen molar-refractivity contribution in [2.24, 2.45) is 0 Å². The second kappa shape index (κ2) is 9.65. The van der Waals surface area contributed by atoms with Gasteiger partial charge in [0.1, 0.15) is 11.5 Å². The van der Waals surface area contributed by atoms with Crippen molar-refractivity contribution in [3.05, 3.63) is 95.2 Å². The minimum Gasteiger partial charge on any atom is -0.335 e. The molecule has 2 aromatic heterocycles. The van der Waals surface area contributed by atoms with Crippen LogP contribution in [0.4, 0.5) is 27.5 Å². The normalized spacial score (nSPS) is 10.5. The molecule has 0 bridgehead atoms. The summed E-state index contributed by atoms with van der Waals surface area (Å²) in [6.07, 6.45) is 7.93. The summed E-state index contributed by atoms with van der Waals surface area (Å²) in [4.78, 5) is 8.87. The number of nitrogens with zero attached hydrogens (tertiary/aromatic N) is 5. The van der Waals surface area contributed by atoms with E-state index in [1.807, 2.05) is 30.6 Å². The quantitative estimate of drug-likeness (QED) is 0.348. The minimum absolute atomic E-state index is 0.0437. The number of aromatic nitrogens is 3. The summed E-state index contributed by atoms with van der Waals surface area (Å²) in [5, 5.41) is 23.8. The van der Waals surface area contributed by atoms with Crippen molar-refractivity contribution in [3.63, 3.8) is 0 Å². The molecule has 0 unspecified atom stereocenters. The number of rotatable bonds is 6. The van der Waals surface area contributed by atoms with Crippen LogP contribution in [-0.2, 0) is 0 Å². The molecule has 9 heteroatoms. The first-order valence-electron chi connectivity index (χ1n) is 9.67. The van der Waals surface area contributed by atoms with E-state index in [0.29, 0.717) is 28.3 Å². The highest BCUT2D eigenvalue weighted by Crippen LogP contribution is 2.32. The smallest absolute Gasteiger partial charge is 0.229 e. The van der Waals surface area contributed by atoms with Crippen LogP contribution in [-0.4, -0.2) is 14.5 Å². The van der Waals surface area contributed by atoms with Gasteiger partial charge in [-0.15, -0.1) is 0 Å². The maximum absolute atomic E-state index is 14.9. The Morgan fingerprint density at radius 3 is 2.48 bits per heavy atom. The fourth-order valence-electron chi connectivity index (χ4n) is 3.03. The van der Waals surface area contributed by atoms with Crippen molar-refractivity contribution in [2.45, 2.75) is 0 Å². The summed E-state index contributed by atoms with van der Waals surface area (Å²) in [6.45, 7) is 0. The zero-order valence-electron chi connectivity index (χ0n) is 17.0. The summed E-state index contributed by atoms with van der Waals surface area (Å²) in [5.74, 6) is -0.0135. The Balaban J connectivity index is 1.71. The van der Waals surface area contributed by atoms with Gasteiger partial charge in [-0.05, 0) is 60.2 Å². The van der Waals surface area contributed by atoms with E-state index >= 15 is 0 Å². The van der Waals surface area contributed by atoms with E-state index in [1.165, 1.54) is 18.2 Å². The summed E-state index contributed by atoms with van der Waals surface area (Å²) in [6, 6.07) is 17.3. The number of nitriles is 2. The van der Waals surface area contributed by atoms with E-state index in [0.717, 1.165) is 0 Å². The molecule has 0 saturated heterocycles. The van der Waals surface area contributed by atoms with Crippen LogP contribution in [0.3, 0.4) is 0 Å². The van der Waals surface area contributed by atoms with Gasteiger partial charge in [-0.1, -0.05) is 11.6 Å². The number of benzene rings is 2. The van der Waals surface area contributed by atoms with Crippen molar-refractivity contribution in [2.75, 3.05) is 10.6 Å². The average molecular weight is 456 g/mol. The van der Waals surface area contributed by atoms with Crippen LogP contribution in [0.5, 0.6) is 0 Å².